The van der Waals surface area contributed by atoms with Crippen LogP contribution in [0, 0.1) is 5.41 Å². The zero-order chi connectivity index (χ0) is 13.9. The van der Waals surface area contributed by atoms with Crippen molar-refractivity contribution in [1.82, 2.24) is 4.90 Å². The molecule has 0 aliphatic carbocycles. The van der Waals surface area contributed by atoms with Gasteiger partial charge in [0.1, 0.15) is 0 Å². The van der Waals surface area contributed by atoms with E-state index in [1.54, 1.807) is 30.1 Å². The van der Waals surface area contributed by atoms with Gasteiger partial charge >= 0.3 is 0 Å². The summed E-state index contributed by atoms with van der Waals surface area (Å²) in [5, 5.41) is 1.13. The molecule has 0 spiro atoms. The van der Waals surface area contributed by atoms with Gasteiger partial charge in [-0.05, 0) is 37.6 Å². The van der Waals surface area contributed by atoms with Crippen LogP contribution in [-0.4, -0.2) is 24.4 Å². The van der Waals surface area contributed by atoms with Crippen molar-refractivity contribution in [2.24, 2.45) is 11.1 Å². The molecule has 3 nitrogen and oxygen atoms in total. The first-order chi connectivity index (χ1) is 8.26. The summed E-state index contributed by atoms with van der Waals surface area (Å²) >= 11 is 11.8. The smallest absolute Gasteiger partial charge is 0.229 e. The Kier molecular flexibility index (Phi) is 7.16. The topological polar surface area (TPSA) is 46.3 Å². The summed E-state index contributed by atoms with van der Waals surface area (Å²) in [5.74, 6) is 0.00102. The maximum atomic E-state index is 12.1. The van der Waals surface area contributed by atoms with Crippen LogP contribution in [0.2, 0.25) is 10.0 Å². The molecular weight excluding hydrogens is 307 g/mol. The van der Waals surface area contributed by atoms with Crippen molar-refractivity contribution >= 4 is 41.5 Å². The molecule has 1 aromatic rings. The second kappa shape index (κ2) is 7.34. The molecule has 0 heterocycles. The van der Waals surface area contributed by atoms with Crippen LogP contribution in [0.15, 0.2) is 18.2 Å². The van der Waals surface area contributed by atoms with Crippen LogP contribution in [0.3, 0.4) is 0 Å². The number of carbonyl (C=O) groups is 1. The van der Waals surface area contributed by atoms with Crippen LogP contribution in [0.5, 0.6) is 0 Å². The van der Waals surface area contributed by atoms with Crippen molar-refractivity contribution in [3.63, 3.8) is 0 Å². The first kappa shape index (κ1) is 18.5. The largest absolute Gasteiger partial charge is 0.341 e. The molecule has 1 rings (SSSR count). The van der Waals surface area contributed by atoms with Gasteiger partial charge in [0, 0.05) is 30.2 Å². The van der Waals surface area contributed by atoms with Gasteiger partial charge in [-0.1, -0.05) is 23.2 Å². The van der Waals surface area contributed by atoms with E-state index in [9.17, 15) is 4.79 Å². The summed E-state index contributed by atoms with van der Waals surface area (Å²) in [7, 11) is 1.74. The Morgan fingerprint density at radius 1 is 1.26 bits per heavy atom. The highest BCUT2D eigenvalue weighted by Crippen LogP contribution is 2.22. The molecule has 0 aliphatic heterocycles. The number of halogens is 3. The standard InChI is InChI=1S/C13H18Cl2N2O.ClH/c1-13(2,8-16)12(18)17(3)7-9-4-10(14)6-11(15)5-9;/h4-6H,7-8,16H2,1-3H3;1H. The van der Waals surface area contributed by atoms with Gasteiger partial charge in [-0.2, -0.15) is 0 Å². The third-order valence-corrected chi connectivity index (χ3v) is 3.21. The molecule has 0 aromatic heterocycles. The number of nitrogens with two attached hydrogens (primary N) is 1. The Labute approximate surface area is 130 Å². The SMILES string of the molecule is CN(Cc1cc(Cl)cc(Cl)c1)C(=O)C(C)(C)CN.Cl. The molecule has 0 fully saturated rings. The second-order valence-corrected chi connectivity index (χ2v) is 5.90. The van der Waals surface area contributed by atoms with E-state index in [2.05, 4.69) is 0 Å². The van der Waals surface area contributed by atoms with Crippen molar-refractivity contribution in [3.8, 4) is 0 Å². The Balaban J connectivity index is 0.00000324. The minimum absolute atomic E-state index is 0. The van der Waals surface area contributed by atoms with E-state index < -0.39 is 5.41 Å². The summed E-state index contributed by atoms with van der Waals surface area (Å²) in [4.78, 5) is 13.8. The molecule has 0 atom stereocenters. The van der Waals surface area contributed by atoms with E-state index in [1.165, 1.54) is 0 Å². The minimum atomic E-state index is -0.558. The van der Waals surface area contributed by atoms with Crippen molar-refractivity contribution in [3.05, 3.63) is 33.8 Å². The van der Waals surface area contributed by atoms with E-state index in [0.29, 0.717) is 23.1 Å². The Morgan fingerprint density at radius 3 is 2.16 bits per heavy atom. The number of hydrogen-bond acceptors (Lipinski definition) is 2. The van der Waals surface area contributed by atoms with Crippen LogP contribution in [0.1, 0.15) is 19.4 Å². The summed E-state index contributed by atoms with van der Waals surface area (Å²) in [5.41, 5.74) is 5.94. The highest BCUT2D eigenvalue weighted by molar-refractivity contribution is 6.34. The maximum absolute atomic E-state index is 12.1. The van der Waals surface area contributed by atoms with E-state index in [1.807, 2.05) is 13.8 Å². The van der Waals surface area contributed by atoms with E-state index in [4.69, 9.17) is 28.9 Å². The number of rotatable bonds is 4. The fourth-order valence-corrected chi connectivity index (χ4v) is 2.22. The molecule has 0 aliphatic rings. The average Bonchev–Trinajstić information content (AvgIpc) is 2.26. The van der Waals surface area contributed by atoms with Crippen LogP contribution in [0.25, 0.3) is 0 Å². The number of carbonyl (C=O) groups excluding carboxylic acids is 1. The zero-order valence-corrected chi connectivity index (χ0v) is 13.6. The fourth-order valence-electron chi connectivity index (χ4n) is 1.65. The normalized spacial score (nSPS) is 10.8. The summed E-state index contributed by atoms with van der Waals surface area (Å²) in [6, 6.07) is 5.26. The first-order valence-corrected chi connectivity index (χ1v) is 6.42. The van der Waals surface area contributed by atoms with Crippen LogP contribution in [0.4, 0.5) is 0 Å². The van der Waals surface area contributed by atoms with Crippen molar-refractivity contribution in [2.75, 3.05) is 13.6 Å². The molecule has 0 saturated heterocycles. The van der Waals surface area contributed by atoms with Gasteiger partial charge in [-0.15, -0.1) is 12.4 Å². The van der Waals surface area contributed by atoms with E-state index in [0.717, 1.165) is 5.56 Å². The molecule has 6 heteroatoms. The number of amides is 1. The molecule has 1 amide bonds. The average molecular weight is 326 g/mol. The summed E-state index contributed by atoms with van der Waals surface area (Å²) in [6.45, 7) is 4.43. The third kappa shape index (κ3) is 5.19. The zero-order valence-electron chi connectivity index (χ0n) is 11.2. The van der Waals surface area contributed by atoms with Crippen molar-refractivity contribution in [2.45, 2.75) is 20.4 Å². The molecule has 1 aromatic carbocycles. The third-order valence-electron chi connectivity index (χ3n) is 2.78. The summed E-state index contributed by atoms with van der Waals surface area (Å²) < 4.78 is 0. The van der Waals surface area contributed by atoms with Gasteiger partial charge < -0.3 is 10.6 Å². The molecule has 0 unspecified atom stereocenters. The van der Waals surface area contributed by atoms with Gasteiger partial charge in [-0.25, -0.2) is 0 Å². The predicted molar refractivity (Wildman–Crippen MR) is 83.0 cm³/mol. The van der Waals surface area contributed by atoms with Crippen molar-refractivity contribution in [1.29, 1.82) is 0 Å². The Morgan fingerprint density at radius 2 is 1.74 bits per heavy atom. The van der Waals surface area contributed by atoms with Crippen LogP contribution in [-0.2, 0) is 11.3 Å². The lowest BCUT2D eigenvalue weighted by atomic mass is 9.92. The predicted octanol–water partition coefficient (Wildman–Crippen LogP) is 3.36. The van der Waals surface area contributed by atoms with E-state index in [-0.39, 0.29) is 18.3 Å². The molecule has 0 radical (unpaired) electrons. The quantitative estimate of drug-likeness (QED) is 0.922. The lowest BCUT2D eigenvalue weighted by molar-refractivity contribution is -0.139. The first-order valence-electron chi connectivity index (χ1n) is 5.67. The number of hydrogen-bond donors (Lipinski definition) is 1. The van der Waals surface area contributed by atoms with Crippen LogP contribution < -0.4 is 5.73 Å². The van der Waals surface area contributed by atoms with Gasteiger partial charge in [0.2, 0.25) is 5.91 Å². The molecule has 2 N–H and O–H groups in total. The minimum Gasteiger partial charge on any atom is -0.341 e. The second-order valence-electron chi connectivity index (χ2n) is 5.03. The maximum Gasteiger partial charge on any atom is 0.229 e. The number of benzene rings is 1. The Hall–Kier alpha value is -0.480. The number of nitrogens with zero attached hydrogens (tertiary/aromatic N) is 1. The van der Waals surface area contributed by atoms with E-state index >= 15 is 0 Å². The van der Waals surface area contributed by atoms with Crippen molar-refractivity contribution < 1.29 is 4.79 Å². The summed E-state index contributed by atoms with van der Waals surface area (Å²) in [6.07, 6.45) is 0. The highest BCUT2D eigenvalue weighted by atomic mass is 35.5. The van der Waals surface area contributed by atoms with Gasteiger partial charge in [0.15, 0.2) is 0 Å². The fraction of sp³-hybridized carbons (Fsp3) is 0.462. The molecule has 108 valence electrons. The molecular formula is C13H19Cl3N2O. The molecule has 19 heavy (non-hydrogen) atoms. The monoisotopic (exact) mass is 324 g/mol. The van der Waals surface area contributed by atoms with Gasteiger partial charge in [0.25, 0.3) is 0 Å². The lowest BCUT2D eigenvalue weighted by Crippen LogP contribution is -2.42. The van der Waals surface area contributed by atoms with Crippen LogP contribution >= 0.6 is 35.6 Å². The highest BCUT2D eigenvalue weighted by Gasteiger charge is 2.28. The Bertz CT molecular complexity index is 429. The van der Waals surface area contributed by atoms with Gasteiger partial charge in [0.05, 0.1) is 5.41 Å². The molecule has 0 bridgehead atoms. The van der Waals surface area contributed by atoms with Gasteiger partial charge in [-0.3, -0.25) is 4.79 Å². The lowest BCUT2D eigenvalue weighted by Gasteiger charge is -2.28. The molecule has 0 saturated carbocycles.